The zero-order chi connectivity index (χ0) is 34.0. The van der Waals surface area contributed by atoms with Gasteiger partial charge >= 0.3 is 5.97 Å². The predicted octanol–water partition coefficient (Wildman–Crippen LogP) is 1.94. The Morgan fingerprint density at radius 3 is 0.915 bits per heavy atom. The van der Waals surface area contributed by atoms with E-state index in [0.29, 0.717) is 165 Å². The monoisotopic (exact) mass is 682 g/mol. The molecule has 278 valence electrons. The Labute approximate surface area is 282 Å². The molecule has 0 unspecified atom stereocenters. The highest BCUT2D eigenvalue weighted by molar-refractivity contribution is 5.69. The average Bonchev–Trinajstić information content (AvgIpc) is 3.08. The van der Waals surface area contributed by atoms with Crippen LogP contribution in [0.5, 0.6) is 0 Å². The summed E-state index contributed by atoms with van der Waals surface area (Å²) in [6.07, 6.45) is 8.57. The van der Waals surface area contributed by atoms with E-state index in [1.165, 1.54) is 0 Å². The standard InChI is InChI=1S/C33H62O14/c1-3-5-6-7-33(34)47-32-31-46-30-29-45-28-27-44-26-25-43-24-23-42-22-21-41-20-19-40-18-17-39-16-15-38-14-13-37-12-11-36-10-9-35-8-4-2/h2H,3,5-32H2,1H3. The minimum atomic E-state index is -0.161. The van der Waals surface area contributed by atoms with Crippen molar-refractivity contribution in [1.29, 1.82) is 0 Å². The van der Waals surface area contributed by atoms with Crippen LogP contribution in [0.15, 0.2) is 0 Å². The first kappa shape index (κ1) is 45.6. The van der Waals surface area contributed by atoms with Crippen LogP contribution in [0.4, 0.5) is 0 Å². The summed E-state index contributed by atoms with van der Waals surface area (Å²) in [5, 5.41) is 0. The first-order valence-electron chi connectivity index (χ1n) is 16.8. The maximum atomic E-state index is 11.5. The van der Waals surface area contributed by atoms with E-state index >= 15 is 0 Å². The third-order valence-corrected chi connectivity index (χ3v) is 5.75. The minimum Gasteiger partial charge on any atom is -0.463 e. The van der Waals surface area contributed by atoms with Crippen molar-refractivity contribution < 1.29 is 66.4 Å². The lowest BCUT2D eigenvalue weighted by atomic mass is 10.2. The molecule has 0 spiro atoms. The van der Waals surface area contributed by atoms with Crippen molar-refractivity contribution in [2.75, 3.05) is 165 Å². The molecule has 0 rings (SSSR count). The maximum Gasteiger partial charge on any atom is 0.305 e. The molecule has 0 atom stereocenters. The fourth-order valence-corrected chi connectivity index (χ4v) is 3.36. The van der Waals surface area contributed by atoms with Crippen molar-refractivity contribution in [2.24, 2.45) is 0 Å². The molecule has 0 bridgehead atoms. The Hall–Kier alpha value is -1.45. The largest absolute Gasteiger partial charge is 0.463 e. The molecular formula is C33H62O14. The van der Waals surface area contributed by atoms with Crippen LogP contribution in [0.3, 0.4) is 0 Å². The Morgan fingerprint density at radius 2 is 0.660 bits per heavy atom. The van der Waals surface area contributed by atoms with Crippen LogP contribution in [0.25, 0.3) is 0 Å². The summed E-state index contributed by atoms with van der Waals surface area (Å²) < 4.78 is 70.0. The zero-order valence-corrected chi connectivity index (χ0v) is 28.8. The van der Waals surface area contributed by atoms with Gasteiger partial charge in [-0.05, 0) is 6.42 Å². The lowest BCUT2D eigenvalue weighted by molar-refractivity contribution is -0.145. The smallest absolute Gasteiger partial charge is 0.305 e. The molecule has 0 aliphatic heterocycles. The van der Waals surface area contributed by atoms with Gasteiger partial charge in [0.25, 0.3) is 0 Å². The normalized spacial score (nSPS) is 11.2. The molecule has 14 heteroatoms. The van der Waals surface area contributed by atoms with Gasteiger partial charge in [0.2, 0.25) is 0 Å². The third kappa shape index (κ3) is 42.5. The summed E-state index contributed by atoms with van der Waals surface area (Å²) in [5.41, 5.74) is 0. The Morgan fingerprint density at radius 1 is 0.404 bits per heavy atom. The average molecular weight is 683 g/mol. The number of esters is 1. The molecule has 47 heavy (non-hydrogen) atoms. The molecule has 0 fully saturated rings. The highest BCUT2D eigenvalue weighted by Gasteiger charge is 2.02. The molecule has 0 amide bonds. The van der Waals surface area contributed by atoms with Gasteiger partial charge in [0, 0.05) is 6.42 Å². The summed E-state index contributed by atoms with van der Waals surface area (Å²) in [6, 6.07) is 0. The van der Waals surface area contributed by atoms with Crippen molar-refractivity contribution in [3.05, 3.63) is 0 Å². The molecule has 0 N–H and O–H groups in total. The summed E-state index contributed by atoms with van der Waals surface area (Å²) in [7, 11) is 0. The molecule has 0 saturated heterocycles. The zero-order valence-electron chi connectivity index (χ0n) is 28.8. The van der Waals surface area contributed by atoms with E-state index in [4.69, 9.17) is 68.0 Å². The number of carbonyl (C=O) groups excluding carboxylic acids is 1. The van der Waals surface area contributed by atoms with E-state index in [0.717, 1.165) is 19.3 Å². The molecule has 14 nitrogen and oxygen atoms in total. The van der Waals surface area contributed by atoms with Crippen LogP contribution in [0.1, 0.15) is 32.6 Å². The number of hydrogen-bond acceptors (Lipinski definition) is 14. The number of rotatable bonds is 41. The van der Waals surface area contributed by atoms with E-state index in [1.807, 2.05) is 0 Å². The number of carbonyl (C=O) groups is 1. The van der Waals surface area contributed by atoms with E-state index in [1.54, 1.807) is 0 Å². The van der Waals surface area contributed by atoms with Gasteiger partial charge < -0.3 is 61.6 Å². The molecule has 0 heterocycles. The summed E-state index contributed by atoms with van der Waals surface area (Å²) >= 11 is 0. The molecule has 0 saturated carbocycles. The van der Waals surface area contributed by atoms with Crippen molar-refractivity contribution in [3.63, 3.8) is 0 Å². The van der Waals surface area contributed by atoms with E-state index in [-0.39, 0.29) is 12.6 Å². The van der Waals surface area contributed by atoms with Crippen molar-refractivity contribution in [1.82, 2.24) is 0 Å². The number of hydrogen-bond donors (Lipinski definition) is 0. The summed E-state index contributed by atoms with van der Waals surface area (Å²) in [4.78, 5) is 11.5. The first-order valence-corrected chi connectivity index (χ1v) is 16.8. The fraction of sp³-hybridized carbons (Fsp3) is 0.909. The fourth-order valence-electron chi connectivity index (χ4n) is 3.36. The van der Waals surface area contributed by atoms with Gasteiger partial charge in [-0.25, -0.2) is 0 Å². The Balaban J connectivity index is 3.07. The number of ether oxygens (including phenoxy) is 13. The molecular weight excluding hydrogens is 620 g/mol. The first-order chi connectivity index (χ1) is 23.3. The summed E-state index contributed by atoms with van der Waals surface area (Å²) in [6.45, 7) is 13.9. The van der Waals surface area contributed by atoms with Gasteiger partial charge in [-0.1, -0.05) is 25.7 Å². The van der Waals surface area contributed by atoms with Gasteiger partial charge in [-0.15, -0.1) is 6.42 Å². The van der Waals surface area contributed by atoms with Gasteiger partial charge in [0.05, 0.1) is 152 Å². The maximum absolute atomic E-state index is 11.5. The molecule has 0 aliphatic carbocycles. The van der Waals surface area contributed by atoms with Crippen LogP contribution < -0.4 is 0 Å². The highest BCUT2D eigenvalue weighted by atomic mass is 16.6. The number of unbranched alkanes of at least 4 members (excludes halogenated alkanes) is 2. The van der Waals surface area contributed by atoms with Crippen molar-refractivity contribution in [2.45, 2.75) is 32.6 Å². The second-order valence-corrected chi connectivity index (χ2v) is 9.67. The lowest BCUT2D eigenvalue weighted by Crippen LogP contribution is -2.15. The SMILES string of the molecule is C#CCOCCOCCOCCOCCOCCOCCOCCOCCOCCOCCOCCOCCOC(=O)CCCCC. The van der Waals surface area contributed by atoms with Gasteiger partial charge in [0.15, 0.2) is 0 Å². The van der Waals surface area contributed by atoms with Gasteiger partial charge in [-0.2, -0.15) is 0 Å². The Bertz CT molecular complexity index is 649. The minimum absolute atomic E-state index is 0.161. The predicted molar refractivity (Wildman–Crippen MR) is 174 cm³/mol. The molecule has 0 aromatic rings. The lowest BCUT2D eigenvalue weighted by Gasteiger charge is -2.09. The highest BCUT2D eigenvalue weighted by Crippen LogP contribution is 2.00. The third-order valence-electron chi connectivity index (χ3n) is 5.75. The molecule has 0 aromatic heterocycles. The van der Waals surface area contributed by atoms with Gasteiger partial charge in [-0.3, -0.25) is 4.79 Å². The second-order valence-electron chi connectivity index (χ2n) is 9.67. The van der Waals surface area contributed by atoms with Crippen molar-refractivity contribution in [3.8, 4) is 12.3 Å². The molecule has 0 aliphatic rings. The summed E-state index contributed by atoms with van der Waals surface area (Å²) in [5.74, 6) is 2.23. The molecule has 0 aromatic carbocycles. The van der Waals surface area contributed by atoms with E-state index in [9.17, 15) is 4.79 Å². The topological polar surface area (TPSA) is 137 Å². The Kier molecular flexibility index (Phi) is 41.3. The van der Waals surface area contributed by atoms with Gasteiger partial charge in [0.1, 0.15) is 13.2 Å². The van der Waals surface area contributed by atoms with Crippen LogP contribution in [-0.4, -0.2) is 171 Å². The van der Waals surface area contributed by atoms with Crippen molar-refractivity contribution >= 4 is 5.97 Å². The van der Waals surface area contributed by atoms with E-state index < -0.39 is 0 Å². The van der Waals surface area contributed by atoms with Crippen LogP contribution in [0, 0.1) is 12.3 Å². The van der Waals surface area contributed by atoms with Crippen LogP contribution >= 0.6 is 0 Å². The van der Waals surface area contributed by atoms with Crippen LogP contribution in [-0.2, 0) is 66.4 Å². The second kappa shape index (κ2) is 42.6. The quantitative estimate of drug-likeness (QED) is 0.0528. The van der Waals surface area contributed by atoms with Crippen LogP contribution in [0.2, 0.25) is 0 Å². The van der Waals surface area contributed by atoms with E-state index in [2.05, 4.69) is 12.8 Å². The number of terminal acetylenes is 1. The molecule has 0 radical (unpaired) electrons.